The minimum Gasteiger partial charge on any atom is -0.456 e. The maximum absolute atomic E-state index is 11.5. The van der Waals surface area contributed by atoms with Crippen molar-refractivity contribution < 1.29 is 9.53 Å². The molecule has 2 rings (SSSR count). The van der Waals surface area contributed by atoms with Crippen molar-refractivity contribution in [1.82, 2.24) is 0 Å². The highest BCUT2D eigenvalue weighted by Crippen LogP contribution is 2.52. The minimum atomic E-state index is -0.222. The number of hydrogen-bond acceptors (Lipinski definition) is 2. The maximum atomic E-state index is 11.5. The molecule has 0 radical (unpaired) electrons. The van der Waals surface area contributed by atoms with E-state index in [1.807, 2.05) is 0 Å². The average molecular weight is 194 g/mol. The van der Waals surface area contributed by atoms with Crippen molar-refractivity contribution in [1.29, 1.82) is 0 Å². The number of hydrogen-bond donors (Lipinski definition) is 0. The normalized spacial score (nSPS) is 39.9. The molecule has 0 heterocycles. The van der Waals surface area contributed by atoms with Gasteiger partial charge in [0.1, 0.15) is 5.60 Å². The Morgan fingerprint density at radius 3 is 2.64 bits per heavy atom. The van der Waals surface area contributed by atoms with Gasteiger partial charge >= 0.3 is 5.97 Å². The van der Waals surface area contributed by atoms with Gasteiger partial charge in [-0.3, -0.25) is 0 Å². The Morgan fingerprint density at radius 1 is 1.50 bits per heavy atom. The van der Waals surface area contributed by atoms with Crippen LogP contribution < -0.4 is 0 Å². The first-order valence-corrected chi connectivity index (χ1v) is 5.40. The molecule has 0 aliphatic heterocycles. The number of esters is 1. The van der Waals surface area contributed by atoms with E-state index in [4.69, 9.17) is 4.74 Å². The first-order chi connectivity index (χ1) is 6.51. The van der Waals surface area contributed by atoms with Gasteiger partial charge in [-0.2, -0.15) is 0 Å². The van der Waals surface area contributed by atoms with Crippen LogP contribution in [-0.2, 0) is 9.53 Å². The van der Waals surface area contributed by atoms with Crippen LogP contribution in [0.3, 0.4) is 0 Å². The lowest BCUT2D eigenvalue weighted by molar-refractivity contribution is -0.158. The molecule has 2 bridgehead atoms. The van der Waals surface area contributed by atoms with E-state index in [1.165, 1.54) is 19.3 Å². The second kappa shape index (κ2) is 3.11. The topological polar surface area (TPSA) is 26.3 Å². The summed E-state index contributed by atoms with van der Waals surface area (Å²) in [7, 11) is 0. The molecule has 2 fully saturated rings. The van der Waals surface area contributed by atoms with Crippen LogP contribution >= 0.6 is 0 Å². The number of carbonyl (C=O) groups excluding carboxylic acids is 1. The second-order valence-corrected chi connectivity index (χ2v) is 5.06. The third-order valence-corrected chi connectivity index (χ3v) is 3.77. The number of fused-ring (bicyclic) bond motifs is 2. The third kappa shape index (κ3) is 1.47. The van der Waals surface area contributed by atoms with E-state index in [0.29, 0.717) is 11.5 Å². The summed E-state index contributed by atoms with van der Waals surface area (Å²) in [5.41, 5.74) is 0.313. The van der Waals surface area contributed by atoms with E-state index >= 15 is 0 Å². The van der Waals surface area contributed by atoms with E-state index < -0.39 is 0 Å². The van der Waals surface area contributed by atoms with E-state index in [9.17, 15) is 4.79 Å². The van der Waals surface area contributed by atoms with Crippen LogP contribution in [0.2, 0.25) is 0 Å². The standard InChI is InChI=1S/C12H18O2/c1-8(2)11(13)14-12(3)7-9-4-5-10(12)6-9/h9-10H,1,4-7H2,2-3H3. The molecule has 3 unspecified atom stereocenters. The quantitative estimate of drug-likeness (QED) is 0.499. The smallest absolute Gasteiger partial charge is 0.333 e. The SMILES string of the molecule is C=C(C)C(=O)OC1(C)CC2CCC1C2. The van der Waals surface area contributed by atoms with Gasteiger partial charge in [-0.05, 0) is 51.4 Å². The molecule has 2 heteroatoms. The van der Waals surface area contributed by atoms with Crippen LogP contribution in [0.1, 0.15) is 39.5 Å². The Bertz CT molecular complexity index is 282. The van der Waals surface area contributed by atoms with E-state index in [1.54, 1.807) is 6.92 Å². The van der Waals surface area contributed by atoms with E-state index in [2.05, 4.69) is 13.5 Å². The van der Waals surface area contributed by atoms with Gasteiger partial charge in [0.15, 0.2) is 0 Å². The maximum Gasteiger partial charge on any atom is 0.333 e. The Hall–Kier alpha value is -0.790. The van der Waals surface area contributed by atoms with E-state index in [0.717, 1.165) is 12.3 Å². The van der Waals surface area contributed by atoms with Crippen LogP contribution in [-0.4, -0.2) is 11.6 Å². The summed E-state index contributed by atoms with van der Waals surface area (Å²) in [4.78, 5) is 11.5. The van der Waals surface area contributed by atoms with Gasteiger partial charge in [-0.15, -0.1) is 0 Å². The highest BCUT2D eigenvalue weighted by atomic mass is 16.6. The summed E-state index contributed by atoms with van der Waals surface area (Å²) in [6.45, 7) is 7.40. The lowest BCUT2D eigenvalue weighted by Gasteiger charge is -2.33. The monoisotopic (exact) mass is 194 g/mol. The molecule has 78 valence electrons. The van der Waals surface area contributed by atoms with Crippen molar-refractivity contribution in [2.24, 2.45) is 11.8 Å². The van der Waals surface area contributed by atoms with Gasteiger partial charge in [0, 0.05) is 5.57 Å². The number of ether oxygens (including phenoxy) is 1. The molecule has 0 aromatic carbocycles. The molecule has 0 amide bonds. The van der Waals surface area contributed by atoms with Crippen molar-refractivity contribution in [2.45, 2.75) is 45.1 Å². The summed E-state index contributed by atoms with van der Waals surface area (Å²) >= 11 is 0. The van der Waals surface area contributed by atoms with Crippen LogP contribution in [0, 0.1) is 11.8 Å². The van der Waals surface area contributed by atoms with Crippen LogP contribution in [0.5, 0.6) is 0 Å². The molecular formula is C12H18O2. The molecule has 2 aliphatic rings. The van der Waals surface area contributed by atoms with Gasteiger partial charge in [0.05, 0.1) is 0 Å². The first kappa shape index (κ1) is 9.75. The molecule has 14 heavy (non-hydrogen) atoms. The van der Waals surface area contributed by atoms with E-state index in [-0.39, 0.29) is 11.6 Å². The molecule has 0 saturated heterocycles. The Labute approximate surface area is 85.3 Å². The first-order valence-electron chi connectivity index (χ1n) is 5.40. The van der Waals surface area contributed by atoms with Crippen LogP contribution in [0.4, 0.5) is 0 Å². The zero-order chi connectivity index (χ0) is 10.3. The lowest BCUT2D eigenvalue weighted by atomic mass is 9.85. The molecule has 0 N–H and O–H groups in total. The second-order valence-electron chi connectivity index (χ2n) is 5.06. The van der Waals surface area contributed by atoms with Crippen molar-refractivity contribution in [3.8, 4) is 0 Å². The fraction of sp³-hybridized carbons (Fsp3) is 0.750. The fourth-order valence-electron chi connectivity index (χ4n) is 2.98. The molecule has 2 nitrogen and oxygen atoms in total. The molecule has 0 aromatic rings. The lowest BCUT2D eigenvalue weighted by Crippen LogP contribution is -2.37. The van der Waals surface area contributed by atoms with Crippen LogP contribution in [0.25, 0.3) is 0 Å². The number of rotatable bonds is 2. The van der Waals surface area contributed by atoms with Gasteiger partial charge in [-0.25, -0.2) is 4.79 Å². The summed E-state index contributed by atoms with van der Waals surface area (Å²) in [5, 5.41) is 0. The predicted octanol–water partition coefficient (Wildman–Crippen LogP) is 2.68. The fourth-order valence-corrected chi connectivity index (χ4v) is 2.98. The molecule has 3 atom stereocenters. The summed E-state index contributed by atoms with van der Waals surface area (Å²) in [6.07, 6.45) is 4.85. The largest absolute Gasteiger partial charge is 0.456 e. The van der Waals surface area contributed by atoms with Crippen molar-refractivity contribution in [2.75, 3.05) is 0 Å². The van der Waals surface area contributed by atoms with Crippen molar-refractivity contribution in [3.63, 3.8) is 0 Å². The third-order valence-electron chi connectivity index (χ3n) is 3.77. The summed E-state index contributed by atoms with van der Waals surface area (Å²) in [5.74, 6) is 1.17. The zero-order valence-corrected chi connectivity index (χ0v) is 9.01. The highest BCUT2D eigenvalue weighted by molar-refractivity contribution is 5.87. The molecule has 2 aliphatic carbocycles. The van der Waals surface area contributed by atoms with Crippen molar-refractivity contribution in [3.05, 3.63) is 12.2 Å². The van der Waals surface area contributed by atoms with Crippen molar-refractivity contribution >= 4 is 5.97 Å². The Kier molecular flexibility index (Phi) is 2.17. The minimum absolute atomic E-state index is 0.195. The van der Waals surface area contributed by atoms with Gasteiger partial charge in [-0.1, -0.05) is 6.58 Å². The summed E-state index contributed by atoms with van der Waals surface area (Å²) < 4.78 is 5.56. The van der Waals surface area contributed by atoms with Crippen LogP contribution in [0.15, 0.2) is 12.2 Å². The molecule has 0 aromatic heterocycles. The van der Waals surface area contributed by atoms with Gasteiger partial charge < -0.3 is 4.74 Å². The molecule has 0 spiro atoms. The Balaban J connectivity index is 2.04. The number of carbonyl (C=O) groups is 1. The Morgan fingerprint density at radius 2 is 2.21 bits per heavy atom. The average Bonchev–Trinajstić information content (AvgIpc) is 2.62. The summed E-state index contributed by atoms with van der Waals surface area (Å²) in [6, 6.07) is 0. The zero-order valence-electron chi connectivity index (χ0n) is 9.01. The predicted molar refractivity (Wildman–Crippen MR) is 54.8 cm³/mol. The van der Waals surface area contributed by atoms with Gasteiger partial charge in [0.2, 0.25) is 0 Å². The molecular weight excluding hydrogens is 176 g/mol. The highest BCUT2D eigenvalue weighted by Gasteiger charge is 2.50. The van der Waals surface area contributed by atoms with Gasteiger partial charge in [0.25, 0.3) is 0 Å². The molecule has 2 saturated carbocycles.